The second-order valence-electron chi connectivity index (χ2n) is 5.07. The van der Waals surface area contributed by atoms with Crippen molar-refractivity contribution in [2.45, 2.75) is 26.3 Å². The smallest absolute Gasteiger partial charge is 0.234 e. The normalized spacial score (nSPS) is 12.4. The lowest BCUT2D eigenvalue weighted by Crippen LogP contribution is -2.44. The van der Waals surface area contributed by atoms with Crippen molar-refractivity contribution in [2.24, 2.45) is 5.73 Å². The zero-order valence-electron chi connectivity index (χ0n) is 13.2. The Labute approximate surface area is 127 Å². The van der Waals surface area contributed by atoms with Crippen molar-refractivity contribution in [1.29, 1.82) is 0 Å². The number of para-hydroxylation sites is 1. The van der Waals surface area contributed by atoms with Crippen LogP contribution in [0.3, 0.4) is 0 Å². The quantitative estimate of drug-likeness (QED) is 0.666. The number of aryl methyl sites for hydroxylation is 1. The summed E-state index contributed by atoms with van der Waals surface area (Å²) in [6.07, 6.45) is 0.829. The van der Waals surface area contributed by atoms with Crippen molar-refractivity contribution in [1.82, 2.24) is 4.90 Å². The second-order valence-corrected chi connectivity index (χ2v) is 5.07. The van der Waals surface area contributed by atoms with Gasteiger partial charge in [0.15, 0.2) is 0 Å². The second kappa shape index (κ2) is 9.37. The van der Waals surface area contributed by atoms with Crippen LogP contribution in [0.1, 0.15) is 18.9 Å². The predicted octanol–water partition coefficient (Wildman–Crippen LogP) is 1.59. The Hall–Kier alpha value is -1.59. The molecule has 1 unspecified atom stereocenters. The lowest BCUT2D eigenvalue weighted by molar-refractivity contribution is -0.122. The molecular formula is C16H26N2O3. The van der Waals surface area contributed by atoms with Crippen LogP contribution in [0.4, 0.5) is 0 Å². The van der Waals surface area contributed by atoms with Crippen LogP contribution in [0.5, 0.6) is 5.75 Å². The topological polar surface area (TPSA) is 64.8 Å². The average molecular weight is 294 g/mol. The van der Waals surface area contributed by atoms with Gasteiger partial charge in [-0.3, -0.25) is 9.69 Å². The number of hydrogen-bond acceptors (Lipinski definition) is 4. The number of nitrogens with zero attached hydrogens (tertiary/aromatic N) is 1. The average Bonchev–Trinajstić information content (AvgIpc) is 2.47. The van der Waals surface area contributed by atoms with Crippen LogP contribution in [-0.4, -0.2) is 50.3 Å². The molecule has 0 bridgehead atoms. The monoisotopic (exact) mass is 294 g/mol. The molecule has 118 valence electrons. The standard InChI is InChI=1S/C16H26N2O3/c1-13-7-4-5-8-15(13)21-11-6-9-18(10-12-20-3)14(2)16(17)19/h4-5,7-8,14H,6,9-12H2,1-3H3,(H2,17,19). The van der Waals surface area contributed by atoms with Gasteiger partial charge in [0.25, 0.3) is 0 Å². The third kappa shape index (κ3) is 6.14. The summed E-state index contributed by atoms with van der Waals surface area (Å²) in [7, 11) is 1.65. The first kappa shape index (κ1) is 17.5. The van der Waals surface area contributed by atoms with Gasteiger partial charge in [-0.15, -0.1) is 0 Å². The Morgan fingerprint density at radius 2 is 2.00 bits per heavy atom. The van der Waals surface area contributed by atoms with Crippen LogP contribution >= 0.6 is 0 Å². The summed E-state index contributed by atoms with van der Waals surface area (Å²) in [5.74, 6) is 0.592. The Kier molecular flexibility index (Phi) is 7.79. The minimum Gasteiger partial charge on any atom is -0.493 e. The molecule has 0 saturated heterocycles. The SMILES string of the molecule is COCCN(CCCOc1ccccc1C)C(C)C(N)=O. The van der Waals surface area contributed by atoms with Gasteiger partial charge in [0, 0.05) is 20.2 Å². The summed E-state index contributed by atoms with van der Waals surface area (Å²) in [4.78, 5) is 13.3. The third-order valence-electron chi connectivity index (χ3n) is 3.48. The van der Waals surface area contributed by atoms with Crippen molar-refractivity contribution in [2.75, 3.05) is 33.4 Å². The maximum Gasteiger partial charge on any atom is 0.234 e. The fraction of sp³-hybridized carbons (Fsp3) is 0.562. The van der Waals surface area contributed by atoms with E-state index >= 15 is 0 Å². The molecule has 1 amide bonds. The number of rotatable bonds is 10. The van der Waals surface area contributed by atoms with Crippen molar-refractivity contribution in [3.63, 3.8) is 0 Å². The van der Waals surface area contributed by atoms with Gasteiger partial charge in [0.05, 0.1) is 19.3 Å². The predicted molar refractivity (Wildman–Crippen MR) is 83.4 cm³/mol. The maximum absolute atomic E-state index is 11.3. The van der Waals surface area contributed by atoms with Gasteiger partial charge >= 0.3 is 0 Å². The van der Waals surface area contributed by atoms with E-state index in [2.05, 4.69) is 0 Å². The molecule has 1 atom stereocenters. The number of benzene rings is 1. The molecule has 0 radical (unpaired) electrons. The molecule has 2 N–H and O–H groups in total. The number of ether oxygens (including phenoxy) is 2. The van der Waals surface area contributed by atoms with Gasteiger partial charge in [-0.1, -0.05) is 18.2 Å². The van der Waals surface area contributed by atoms with E-state index in [1.165, 1.54) is 0 Å². The molecule has 0 aliphatic carbocycles. The number of nitrogens with two attached hydrogens (primary N) is 1. The highest BCUT2D eigenvalue weighted by Gasteiger charge is 2.18. The van der Waals surface area contributed by atoms with Crippen LogP contribution in [0.2, 0.25) is 0 Å². The molecule has 21 heavy (non-hydrogen) atoms. The molecule has 0 spiro atoms. The fourth-order valence-corrected chi connectivity index (χ4v) is 2.06. The van der Waals surface area contributed by atoms with E-state index in [4.69, 9.17) is 15.2 Å². The number of primary amides is 1. The Balaban J connectivity index is 2.39. The van der Waals surface area contributed by atoms with Gasteiger partial charge in [0.2, 0.25) is 5.91 Å². The summed E-state index contributed by atoms with van der Waals surface area (Å²) in [5.41, 5.74) is 6.50. The first-order valence-corrected chi connectivity index (χ1v) is 7.27. The number of methoxy groups -OCH3 is 1. The molecule has 0 aromatic heterocycles. The summed E-state index contributed by atoms with van der Waals surface area (Å²) >= 11 is 0. The van der Waals surface area contributed by atoms with Gasteiger partial charge in [-0.2, -0.15) is 0 Å². The van der Waals surface area contributed by atoms with Gasteiger partial charge in [-0.05, 0) is 31.9 Å². The number of carbonyl (C=O) groups excluding carboxylic acids is 1. The molecule has 5 nitrogen and oxygen atoms in total. The highest BCUT2D eigenvalue weighted by atomic mass is 16.5. The molecule has 0 heterocycles. The van der Waals surface area contributed by atoms with Crippen molar-refractivity contribution < 1.29 is 14.3 Å². The van der Waals surface area contributed by atoms with Crippen molar-refractivity contribution >= 4 is 5.91 Å². The zero-order valence-corrected chi connectivity index (χ0v) is 13.2. The Morgan fingerprint density at radius 1 is 1.29 bits per heavy atom. The van der Waals surface area contributed by atoms with Crippen LogP contribution in [0.25, 0.3) is 0 Å². The summed E-state index contributed by atoms with van der Waals surface area (Å²) in [6.45, 7) is 6.47. The lowest BCUT2D eigenvalue weighted by atomic mass is 10.2. The molecule has 0 aliphatic heterocycles. The molecule has 1 aromatic rings. The maximum atomic E-state index is 11.3. The molecule has 0 fully saturated rings. The van der Waals surface area contributed by atoms with E-state index in [1.807, 2.05) is 43.0 Å². The Morgan fingerprint density at radius 3 is 2.62 bits per heavy atom. The molecule has 1 aromatic carbocycles. The number of carbonyl (C=O) groups is 1. The first-order chi connectivity index (χ1) is 10.1. The fourth-order valence-electron chi connectivity index (χ4n) is 2.06. The minimum absolute atomic E-state index is 0.293. The van der Waals surface area contributed by atoms with Gasteiger partial charge < -0.3 is 15.2 Å². The van der Waals surface area contributed by atoms with Crippen LogP contribution in [0.15, 0.2) is 24.3 Å². The van der Waals surface area contributed by atoms with E-state index in [-0.39, 0.29) is 11.9 Å². The van der Waals surface area contributed by atoms with E-state index in [9.17, 15) is 4.79 Å². The Bertz CT molecular complexity index is 437. The van der Waals surface area contributed by atoms with E-state index in [0.717, 1.165) is 24.3 Å². The van der Waals surface area contributed by atoms with E-state index in [1.54, 1.807) is 7.11 Å². The van der Waals surface area contributed by atoms with Gasteiger partial charge in [0.1, 0.15) is 5.75 Å². The van der Waals surface area contributed by atoms with Crippen molar-refractivity contribution in [3.05, 3.63) is 29.8 Å². The van der Waals surface area contributed by atoms with Crippen LogP contribution in [-0.2, 0) is 9.53 Å². The number of amides is 1. The zero-order chi connectivity index (χ0) is 15.7. The van der Waals surface area contributed by atoms with E-state index < -0.39 is 0 Å². The minimum atomic E-state index is -0.314. The van der Waals surface area contributed by atoms with Crippen LogP contribution in [0, 0.1) is 6.92 Å². The van der Waals surface area contributed by atoms with Gasteiger partial charge in [-0.25, -0.2) is 0 Å². The number of hydrogen-bond donors (Lipinski definition) is 1. The lowest BCUT2D eigenvalue weighted by Gasteiger charge is -2.26. The van der Waals surface area contributed by atoms with Crippen LogP contribution < -0.4 is 10.5 Å². The van der Waals surface area contributed by atoms with E-state index in [0.29, 0.717) is 19.8 Å². The molecule has 0 aliphatic rings. The molecule has 5 heteroatoms. The highest BCUT2D eigenvalue weighted by Crippen LogP contribution is 2.16. The summed E-state index contributed by atoms with van der Waals surface area (Å²) in [6, 6.07) is 7.64. The molecule has 1 rings (SSSR count). The summed E-state index contributed by atoms with van der Waals surface area (Å²) < 4.78 is 10.8. The molecule has 0 saturated carbocycles. The van der Waals surface area contributed by atoms with Crippen molar-refractivity contribution in [3.8, 4) is 5.75 Å². The summed E-state index contributed by atoms with van der Waals surface area (Å²) in [5, 5.41) is 0. The highest BCUT2D eigenvalue weighted by molar-refractivity contribution is 5.79. The first-order valence-electron chi connectivity index (χ1n) is 7.27. The molecular weight excluding hydrogens is 268 g/mol. The third-order valence-corrected chi connectivity index (χ3v) is 3.48. The largest absolute Gasteiger partial charge is 0.493 e.